The SMILES string of the molecule is Cc1ccc(NC(=O)C[C@H](NCCNCc2ccccc2)C(=O)O)cc1. The number of hydrogen-bond acceptors (Lipinski definition) is 4. The van der Waals surface area contributed by atoms with E-state index < -0.39 is 12.0 Å². The highest BCUT2D eigenvalue weighted by Gasteiger charge is 2.20. The average molecular weight is 355 g/mol. The van der Waals surface area contributed by atoms with Crippen LogP contribution in [-0.4, -0.2) is 36.1 Å². The van der Waals surface area contributed by atoms with Gasteiger partial charge < -0.3 is 21.1 Å². The summed E-state index contributed by atoms with van der Waals surface area (Å²) in [6.45, 7) is 3.75. The normalized spacial score (nSPS) is 11.7. The lowest BCUT2D eigenvalue weighted by Crippen LogP contribution is -2.42. The number of benzene rings is 2. The van der Waals surface area contributed by atoms with Gasteiger partial charge in [-0.1, -0.05) is 48.0 Å². The predicted octanol–water partition coefficient (Wildman–Crippen LogP) is 2.16. The van der Waals surface area contributed by atoms with Gasteiger partial charge in [-0.2, -0.15) is 0 Å². The first kappa shape index (κ1) is 19.6. The fourth-order valence-corrected chi connectivity index (χ4v) is 2.44. The monoisotopic (exact) mass is 355 g/mol. The fraction of sp³-hybridized carbons (Fsp3) is 0.300. The van der Waals surface area contributed by atoms with Gasteiger partial charge in [0, 0.05) is 25.3 Å². The van der Waals surface area contributed by atoms with E-state index in [0.717, 1.165) is 5.56 Å². The number of aryl methyl sites for hydroxylation is 1. The molecule has 1 atom stereocenters. The lowest BCUT2D eigenvalue weighted by atomic mass is 10.2. The van der Waals surface area contributed by atoms with Crippen LogP contribution in [0.25, 0.3) is 0 Å². The van der Waals surface area contributed by atoms with Gasteiger partial charge in [-0.3, -0.25) is 9.59 Å². The van der Waals surface area contributed by atoms with Gasteiger partial charge in [0.25, 0.3) is 0 Å². The van der Waals surface area contributed by atoms with E-state index in [-0.39, 0.29) is 12.3 Å². The topological polar surface area (TPSA) is 90.5 Å². The molecule has 0 heterocycles. The molecule has 0 unspecified atom stereocenters. The summed E-state index contributed by atoms with van der Waals surface area (Å²) in [5.74, 6) is -1.36. The zero-order valence-corrected chi connectivity index (χ0v) is 14.9. The van der Waals surface area contributed by atoms with Crippen molar-refractivity contribution in [3.05, 3.63) is 65.7 Å². The highest BCUT2D eigenvalue weighted by Crippen LogP contribution is 2.09. The Hall–Kier alpha value is -2.70. The molecule has 6 heteroatoms. The Morgan fingerprint density at radius 1 is 1.00 bits per heavy atom. The summed E-state index contributed by atoms with van der Waals surface area (Å²) in [5.41, 5.74) is 2.92. The molecule has 26 heavy (non-hydrogen) atoms. The molecular weight excluding hydrogens is 330 g/mol. The van der Waals surface area contributed by atoms with Crippen LogP contribution in [0.2, 0.25) is 0 Å². The molecule has 0 bridgehead atoms. The van der Waals surface area contributed by atoms with Crippen LogP contribution in [0.5, 0.6) is 0 Å². The molecule has 0 saturated carbocycles. The minimum absolute atomic E-state index is 0.123. The van der Waals surface area contributed by atoms with E-state index in [1.807, 2.05) is 49.4 Å². The van der Waals surface area contributed by atoms with Gasteiger partial charge in [0.2, 0.25) is 5.91 Å². The Morgan fingerprint density at radius 2 is 1.69 bits per heavy atom. The third kappa shape index (κ3) is 7.04. The molecule has 2 aromatic rings. The fourth-order valence-electron chi connectivity index (χ4n) is 2.44. The van der Waals surface area contributed by atoms with E-state index in [1.165, 1.54) is 5.56 Å². The van der Waals surface area contributed by atoms with Crippen molar-refractivity contribution in [2.45, 2.75) is 25.9 Å². The summed E-state index contributed by atoms with van der Waals surface area (Å²) in [7, 11) is 0. The van der Waals surface area contributed by atoms with Crippen LogP contribution in [0.15, 0.2) is 54.6 Å². The number of nitrogens with one attached hydrogen (secondary N) is 3. The molecule has 0 radical (unpaired) electrons. The molecule has 0 aromatic heterocycles. The molecule has 4 N–H and O–H groups in total. The van der Waals surface area contributed by atoms with Crippen LogP contribution < -0.4 is 16.0 Å². The summed E-state index contributed by atoms with van der Waals surface area (Å²) >= 11 is 0. The Labute approximate surface area is 153 Å². The van der Waals surface area contributed by atoms with Gasteiger partial charge in [-0.25, -0.2) is 0 Å². The van der Waals surface area contributed by atoms with Crippen LogP contribution in [0, 0.1) is 6.92 Å². The second kappa shape index (κ2) is 10.3. The zero-order chi connectivity index (χ0) is 18.8. The number of carbonyl (C=O) groups excluding carboxylic acids is 1. The molecule has 0 fully saturated rings. The maximum atomic E-state index is 12.1. The Morgan fingerprint density at radius 3 is 2.35 bits per heavy atom. The van der Waals surface area contributed by atoms with Crippen molar-refractivity contribution < 1.29 is 14.7 Å². The maximum Gasteiger partial charge on any atom is 0.321 e. The Kier molecular flexibility index (Phi) is 7.79. The van der Waals surface area contributed by atoms with E-state index >= 15 is 0 Å². The number of carboxylic acid groups (broad SMARTS) is 1. The third-order valence-electron chi connectivity index (χ3n) is 3.89. The number of hydrogen-bond donors (Lipinski definition) is 4. The zero-order valence-electron chi connectivity index (χ0n) is 14.9. The first-order valence-corrected chi connectivity index (χ1v) is 8.62. The molecule has 0 aliphatic rings. The van der Waals surface area contributed by atoms with Gasteiger partial charge >= 0.3 is 5.97 Å². The standard InChI is InChI=1S/C20H25N3O3/c1-15-7-9-17(10-8-15)23-19(24)13-18(20(25)26)22-12-11-21-14-16-5-3-2-4-6-16/h2-10,18,21-22H,11-14H2,1H3,(H,23,24)(H,25,26)/t18-/m0/s1. The van der Waals surface area contributed by atoms with Crippen molar-refractivity contribution in [2.24, 2.45) is 0 Å². The molecule has 138 valence electrons. The van der Waals surface area contributed by atoms with Gasteiger partial charge in [0.1, 0.15) is 6.04 Å². The quantitative estimate of drug-likeness (QED) is 0.490. The lowest BCUT2D eigenvalue weighted by molar-refractivity contribution is -0.141. The Bertz CT molecular complexity index is 702. The molecule has 6 nitrogen and oxygen atoms in total. The van der Waals surface area contributed by atoms with E-state index in [4.69, 9.17) is 0 Å². The highest BCUT2D eigenvalue weighted by molar-refractivity contribution is 5.94. The molecule has 1 amide bonds. The van der Waals surface area contributed by atoms with Crippen molar-refractivity contribution in [3.8, 4) is 0 Å². The summed E-state index contributed by atoms with van der Waals surface area (Å²) < 4.78 is 0. The van der Waals surface area contributed by atoms with E-state index in [0.29, 0.717) is 25.3 Å². The molecular formula is C20H25N3O3. The molecule has 2 aromatic carbocycles. The first-order chi connectivity index (χ1) is 12.5. The van der Waals surface area contributed by atoms with Crippen molar-refractivity contribution in [3.63, 3.8) is 0 Å². The van der Waals surface area contributed by atoms with Crippen molar-refractivity contribution >= 4 is 17.6 Å². The molecule has 0 spiro atoms. The van der Waals surface area contributed by atoms with Crippen molar-refractivity contribution in [2.75, 3.05) is 18.4 Å². The minimum atomic E-state index is -1.04. The second-order valence-electron chi connectivity index (χ2n) is 6.13. The molecule has 2 rings (SSSR count). The molecule has 0 saturated heterocycles. The third-order valence-corrected chi connectivity index (χ3v) is 3.89. The largest absolute Gasteiger partial charge is 0.480 e. The van der Waals surface area contributed by atoms with Crippen LogP contribution in [-0.2, 0) is 16.1 Å². The van der Waals surface area contributed by atoms with Gasteiger partial charge in [0.05, 0.1) is 6.42 Å². The average Bonchev–Trinajstić information content (AvgIpc) is 2.63. The van der Waals surface area contributed by atoms with Crippen LogP contribution in [0.3, 0.4) is 0 Å². The lowest BCUT2D eigenvalue weighted by Gasteiger charge is -2.15. The number of anilines is 1. The number of rotatable bonds is 10. The number of carboxylic acids is 1. The minimum Gasteiger partial charge on any atom is -0.480 e. The van der Waals surface area contributed by atoms with E-state index in [1.54, 1.807) is 12.1 Å². The summed E-state index contributed by atoms with van der Waals surface area (Å²) in [4.78, 5) is 23.4. The van der Waals surface area contributed by atoms with Gasteiger partial charge in [-0.15, -0.1) is 0 Å². The van der Waals surface area contributed by atoms with Crippen LogP contribution in [0.4, 0.5) is 5.69 Å². The van der Waals surface area contributed by atoms with Crippen molar-refractivity contribution in [1.82, 2.24) is 10.6 Å². The Balaban J connectivity index is 1.71. The van der Waals surface area contributed by atoms with Crippen molar-refractivity contribution in [1.29, 1.82) is 0 Å². The van der Waals surface area contributed by atoms with E-state index in [9.17, 15) is 14.7 Å². The van der Waals surface area contributed by atoms with Gasteiger partial charge in [0.15, 0.2) is 0 Å². The van der Waals surface area contributed by atoms with E-state index in [2.05, 4.69) is 16.0 Å². The summed E-state index contributed by atoms with van der Waals surface area (Å²) in [5, 5.41) is 18.2. The van der Waals surface area contributed by atoms with Gasteiger partial charge in [-0.05, 0) is 24.6 Å². The smallest absolute Gasteiger partial charge is 0.321 e. The number of amides is 1. The number of carbonyl (C=O) groups is 2. The maximum absolute atomic E-state index is 12.1. The predicted molar refractivity (Wildman–Crippen MR) is 102 cm³/mol. The summed E-state index contributed by atoms with van der Waals surface area (Å²) in [6.07, 6.45) is -0.123. The number of aliphatic carboxylic acids is 1. The highest BCUT2D eigenvalue weighted by atomic mass is 16.4. The van der Waals surface area contributed by atoms with Crippen LogP contribution >= 0.6 is 0 Å². The molecule has 0 aliphatic carbocycles. The van der Waals surface area contributed by atoms with Crippen LogP contribution in [0.1, 0.15) is 17.5 Å². The first-order valence-electron chi connectivity index (χ1n) is 8.62. The summed E-state index contributed by atoms with van der Waals surface area (Å²) in [6, 6.07) is 16.4. The second-order valence-corrected chi connectivity index (χ2v) is 6.13. The molecule has 0 aliphatic heterocycles.